The number of carbonyl (C=O) groups is 4. The van der Waals surface area contributed by atoms with Gasteiger partial charge in [-0.15, -0.1) is 0 Å². The van der Waals surface area contributed by atoms with Crippen molar-refractivity contribution in [1.82, 2.24) is 0 Å². The third kappa shape index (κ3) is 80.1. The van der Waals surface area contributed by atoms with E-state index in [0.29, 0.717) is 25.7 Å². The predicted molar refractivity (Wildman–Crippen MR) is 437 cm³/mol. The fraction of sp³-hybridized carbons (Fsp3) is 0.954. The molecule has 0 amide bonds. The summed E-state index contributed by atoms with van der Waals surface area (Å²) >= 11 is 0. The summed E-state index contributed by atoms with van der Waals surface area (Å²) in [7, 11) is -9.93. The number of aliphatic hydroxyl groups excluding tert-OH is 1. The third-order valence-electron chi connectivity index (χ3n) is 20.5. The Morgan fingerprint density at radius 3 is 0.642 bits per heavy atom. The first kappa shape index (κ1) is 104. The van der Waals surface area contributed by atoms with Crippen LogP contribution >= 0.6 is 15.6 Å². The second kappa shape index (κ2) is 78.3. The standard InChI is InChI=1S/C87H170O17P2/c1-7-9-11-13-15-17-19-21-22-23-27-30-34-40-46-52-58-64-70-85(90)98-75-82(103-86(91)71-65-59-53-47-41-35-31-28-25-24-26-29-33-37-43-49-55-61-67-79(3)4)77-101-105(93,94)99-73-81(88)74-100-106(95,96)102-78-83(76-97-84(89)69-63-57-51-45-39-32-20-18-16-14-12-10-8-2)104-87(92)72-66-60-54-48-42-36-38-44-50-56-62-68-80(5)6/h79-83,88H,7-78H2,1-6H3,(H,93,94)(H,95,96)/t81-,82-,83-/m1/s1. The lowest BCUT2D eigenvalue weighted by Gasteiger charge is -2.21. The SMILES string of the molecule is CCCCCCCCCCCCCCCCCCCCC(=O)OC[C@H](COP(=O)(O)OC[C@@H](O)COP(=O)(O)OC[C@@H](COC(=O)CCCCCCCCCCCCCCC)OC(=O)CCCCCCCCCCCCCC(C)C)OC(=O)CCCCCCCCCCCCCCCCCCCCC(C)C. The van der Waals surface area contributed by atoms with E-state index in [0.717, 1.165) is 102 Å². The topological polar surface area (TPSA) is 237 Å². The van der Waals surface area contributed by atoms with Crippen LogP contribution in [0.4, 0.5) is 0 Å². The molecule has 5 atom stereocenters. The number of aliphatic hydroxyl groups is 1. The number of rotatable bonds is 86. The van der Waals surface area contributed by atoms with Gasteiger partial charge in [-0.2, -0.15) is 0 Å². The fourth-order valence-corrected chi connectivity index (χ4v) is 15.2. The third-order valence-corrected chi connectivity index (χ3v) is 22.4. The minimum absolute atomic E-state index is 0.107. The zero-order valence-electron chi connectivity index (χ0n) is 69.7. The molecule has 0 rings (SSSR count). The van der Waals surface area contributed by atoms with Gasteiger partial charge in [0.25, 0.3) is 0 Å². The molecular weight excluding hydrogens is 1380 g/mol. The largest absolute Gasteiger partial charge is 0.472 e. The molecule has 3 N–H and O–H groups in total. The molecule has 106 heavy (non-hydrogen) atoms. The maximum Gasteiger partial charge on any atom is 0.472 e. The molecule has 0 aromatic carbocycles. The number of phosphoric ester groups is 2. The summed E-state index contributed by atoms with van der Waals surface area (Å²) in [5.74, 6) is -0.513. The molecule has 19 heteroatoms. The van der Waals surface area contributed by atoms with Crippen molar-refractivity contribution in [3.8, 4) is 0 Å². The Hall–Kier alpha value is -1.94. The van der Waals surface area contributed by atoms with Crippen LogP contribution in [0.15, 0.2) is 0 Å². The second-order valence-electron chi connectivity index (χ2n) is 32.2. The molecule has 17 nitrogen and oxygen atoms in total. The zero-order chi connectivity index (χ0) is 77.8. The van der Waals surface area contributed by atoms with Crippen molar-refractivity contribution in [2.24, 2.45) is 11.8 Å². The first-order valence-corrected chi connectivity index (χ1v) is 48.0. The highest BCUT2D eigenvalue weighted by atomic mass is 31.2. The van der Waals surface area contributed by atoms with Crippen molar-refractivity contribution in [3.05, 3.63) is 0 Å². The number of phosphoric acid groups is 2. The van der Waals surface area contributed by atoms with Crippen molar-refractivity contribution < 1.29 is 80.2 Å². The van der Waals surface area contributed by atoms with Crippen molar-refractivity contribution in [2.75, 3.05) is 39.6 Å². The van der Waals surface area contributed by atoms with Crippen LogP contribution in [0.5, 0.6) is 0 Å². The van der Waals surface area contributed by atoms with Gasteiger partial charge in [0.15, 0.2) is 12.2 Å². The molecule has 0 spiro atoms. The molecule has 0 aromatic heterocycles. The van der Waals surface area contributed by atoms with Crippen molar-refractivity contribution >= 4 is 39.5 Å². The lowest BCUT2D eigenvalue weighted by atomic mass is 10.0. The van der Waals surface area contributed by atoms with Crippen molar-refractivity contribution in [1.29, 1.82) is 0 Å². The molecule has 2 unspecified atom stereocenters. The van der Waals surface area contributed by atoms with E-state index in [4.69, 9.17) is 37.0 Å². The van der Waals surface area contributed by atoms with Gasteiger partial charge < -0.3 is 33.8 Å². The van der Waals surface area contributed by atoms with E-state index in [1.165, 1.54) is 283 Å². The first-order valence-electron chi connectivity index (χ1n) is 45.0. The van der Waals surface area contributed by atoms with E-state index in [2.05, 4.69) is 41.5 Å². The number of hydrogen-bond acceptors (Lipinski definition) is 15. The van der Waals surface area contributed by atoms with E-state index in [-0.39, 0.29) is 25.7 Å². The van der Waals surface area contributed by atoms with Gasteiger partial charge in [0.1, 0.15) is 19.3 Å². The normalized spacial score (nSPS) is 13.8. The van der Waals surface area contributed by atoms with E-state index in [1.807, 2.05) is 0 Å². The molecule has 0 aliphatic carbocycles. The Kier molecular flexibility index (Phi) is 76.9. The van der Waals surface area contributed by atoms with E-state index in [9.17, 15) is 43.2 Å². The summed E-state index contributed by atoms with van der Waals surface area (Å²) in [6.45, 7) is 9.72. The second-order valence-corrected chi connectivity index (χ2v) is 35.1. The molecule has 630 valence electrons. The Balaban J connectivity index is 5.25. The van der Waals surface area contributed by atoms with E-state index in [1.54, 1.807) is 0 Å². The summed E-state index contributed by atoms with van der Waals surface area (Å²) < 4.78 is 69.0. The Morgan fingerprint density at radius 2 is 0.434 bits per heavy atom. The van der Waals surface area contributed by atoms with Crippen molar-refractivity contribution in [2.45, 2.75) is 484 Å². The summed E-state index contributed by atoms with van der Waals surface area (Å²) in [6, 6.07) is 0. The summed E-state index contributed by atoms with van der Waals surface area (Å²) in [5, 5.41) is 10.7. The number of carbonyl (C=O) groups excluding carboxylic acids is 4. The number of hydrogen-bond donors (Lipinski definition) is 3. The monoisotopic (exact) mass is 1550 g/mol. The van der Waals surface area contributed by atoms with Gasteiger partial charge in [0.2, 0.25) is 0 Å². The maximum absolute atomic E-state index is 13.2. The average molecular weight is 1550 g/mol. The molecule has 0 aromatic rings. The molecular formula is C87H170O17P2. The van der Waals surface area contributed by atoms with E-state index < -0.39 is 97.5 Å². The lowest BCUT2D eigenvalue weighted by molar-refractivity contribution is -0.161. The van der Waals surface area contributed by atoms with Gasteiger partial charge in [-0.1, -0.05) is 414 Å². The van der Waals surface area contributed by atoms with Gasteiger partial charge in [-0.05, 0) is 37.5 Å². The Bertz CT molecular complexity index is 2030. The maximum atomic E-state index is 13.2. The number of unbranched alkanes of at least 4 members (excludes halogenated alkanes) is 56. The highest BCUT2D eigenvalue weighted by Crippen LogP contribution is 2.45. The fourth-order valence-electron chi connectivity index (χ4n) is 13.6. The molecule has 0 radical (unpaired) electrons. The Labute approximate surface area is 651 Å². The lowest BCUT2D eigenvalue weighted by Crippen LogP contribution is -2.30. The molecule has 0 aliphatic heterocycles. The van der Waals surface area contributed by atoms with Crippen LogP contribution in [0, 0.1) is 11.8 Å². The highest BCUT2D eigenvalue weighted by molar-refractivity contribution is 7.47. The molecule has 0 bridgehead atoms. The van der Waals surface area contributed by atoms with Gasteiger partial charge in [0, 0.05) is 25.7 Å². The molecule has 0 aliphatic rings. The summed E-state index contributed by atoms with van der Waals surface area (Å²) in [4.78, 5) is 73.3. The summed E-state index contributed by atoms with van der Waals surface area (Å²) in [6.07, 6.45) is 70.7. The zero-order valence-corrected chi connectivity index (χ0v) is 71.5. The molecule has 0 saturated heterocycles. The van der Waals surface area contributed by atoms with Gasteiger partial charge in [0.05, 0.1) is 26.4 Å². The highest BCUT2D eigenvalue weighted by Gasteiger charge is 2.30. The molecule has 0 saturated carbocycles. The minimum atomic E-state index is -4.97. The Morgan fingerprint density at radius 1 is 0.255 bits per heavy atom. The van der Waals surface area contributed by atoms with Crippen LogP contribution in [-0.4, -0.2) is 96.7 Å². The predicted octanol–water partition coefficient (Wildman–Crippen LogP) is 26.6. The quantitative estimate of drug-likeness (QED) is 0.0222. The van der Waals surface area contributed by atoms with Gasteiger partial charge in [-0.25, -0.2) is 9.13 Å². The van der Waals surface area contributed by atoms with Crippen LogP contribution in [0.3, 0.4) is 0 Å². The van der Waals surface area contributed by atoms with Crippen LogP contribution in [0.2, 0.25) is 0 Å². The molecule has 0 heterocycles. The number of ether oxygens (including phenoxy) is 4. The van der Waals surface area contributed by atoms with E-state index >= 15 is 0 Å². The minimum Gasteiger partial charge on any atom is -0.462 e. The smallest absolute Gasteiger partial charge is 0.462 e. The van der Waals surface area contributed by atoms with Gasteiger partial charge in [-0.3, -0.25) is 37.3 Å². The van der Waals surface area contributed by atoms with Crippen LogP contribution in [0.1, 0.15) is 465 Å². The molecule has 0 fully saturated rings. The van der Waals surface area contributed by atoms with Crippen molar-refractivity contribution in [3.63, 3.8) is 0 Å². The van der Waals surface area contributed by atoms with Crippen LogP contribution in [-0.2, 0) is 65.4 Å². The summed E-state index contributed by atoms with van der Waals surface area (Å²) in [5.41, 5.74) is 0. The van der Waals surface area contributed by atoms with Crippen LogP contribution < -0.4 is 0 Å². The van der Waals surface area contributed by atoms with Gasteiger partial charge >= 0.3 is 39.5 Å². The van der Waals surface area contributed by atoms with Crippen LogP contribution in [0.25, 0.3) is 0 Å². The average Bonchev–Trinajstić information content (AvgIpc) is 0.896. The first-order chi connectivity index (χ1) is 51.4. The number of esters is 4.